The van der Waals surface area contributed by atoms with Crippen molar-refractivity contribution in [2.24, 2.45) is 0 Å². The molecular weight excluding hydrogens is 324 g/mol. The summed E-state index contributed by atoms with van der Waals surface area (Å²) in [6.07, 6.45) is 4.17. The minimum atomic E-state index is -0.612. The maximum atomic E-state index is 13.1. The van der Waals surface area contributed by atoms with E-state index in [2.05, 4.69) is 10.4 Å². The van der Waals surface area contributed by atoms with E-state index >= 15 is 0 Å². The number of carbonyl (C=O) groups excluding carboxylic acids is 1. The SMILES string of the molecule is O=C(Cc1ccc(-n2cccn2)cc1)NCCc1cc(F)cc(F)c1. The van der Waals surface area contributed by atoms with Crippen molar-refractivity contribution in [2.45, 2.75) is 12.8 Å². The quantitative estimate of drug-likeness (QED) is 0.749. The molecular formula is C19H17F2N3O. The third-order valence-electron chi connectivity index (χ3n) is 3.73. The topological polar surface area (TPSA) is 46.9 Å². The van der Waals surface area contributed by atoms with Crippen LogP contribution in [0.1, 0.15) is 11.1 Å². The van der Waals surface area contributed by atoms with Crippen LogP contribution in [0.2, 0.25) is 0 Å². The van der Waals surface area contributed by atoms with Crippen LogP contribution in [0.25, 0.3) is 5.69 Å². The Bertz CT molecular complexity index is 825. The Morgan fingerprint density at radius 1 is 1.04 bits per heavy atom. The highest BCUT2D eigenvalue weighted by molar-refractivity contribution is 5.78. The standard InChI is InChI=1S/C19H17F2N3O/c20-16-10-15(11-17(21)13-16)6-8-22-19(25)12-14-2-4-18(5-3-14)24-9-1-7-23-24/h1-5,7,9-11,13H,6,8,12H2,(H,22,25). The lowest BCUT2D eigenvalue weighted by molar-refractivity contribution is -0.120. The second-order valence-corrected chi connectivity index (χ2v) is 5.67. The number of carbonyl (C=O) groups is 1. The van der Waals surface area contributed by atoms with Crippen molar-refractivity contribution in [2.75, 3.05) is 6.54 Å². The van der Waals surface area contributed by atoms with Crippen LogP contribution in [-0.4, -0.2) is 22.2 Å². The van der Waals surface area contributed by atoms with Gasteiger partial charge in [-0.15, -0.1) is 0 Å². The van der Waals surface area contributed by atoms with Gasteiger partial charge in [-0.05, 0) is 47.9 Å². The van der Waals surface area contributed by atoms with Gasteiger partial charge in [-0.3, -0.25) is 4.79 Å². The van der Waals surface area contributed by atoms with Gasteiger partial charge in [0.05, 0.1) is 12.1 Å². The summed E-state index contributed by atoms with van der Waals surface area (Å²) in [6, 6.07) is 12.7. The molecule has 0 saturated heterocycles. The Kier molecular flexibility index (Phi) is 5.18. The van der Waals surface area contributed by atoms with E-state index in [4.69, 9.17) is 0 Å². The van der Waals surface area contributed by atoms with E-state index in [1.807, 2.05) is 36.5 Å². The average molecular weight is 341 g/mol. The highest BCUT2D eigenvalue weighted by Crippen LogP contribution is 2.10. The van der Waals surface area contributed by atoms with Gasteiger partial charge in [0.25, 0.3) is 0 Å². The number of aromatic nitrogens is 2. The number of halogens is 2. The van der Waals surface area contributed by atoms with Crippen LogP contribution >= 0.6 is 0 Å². The van der Waals surface area contributed by atoms with E-state index in [1.54, 1.807) is 10.9 Å². The van der Waals surface area contributed by atoms with Gasteiger partial charge in [-0.1, -0.05) is 12.1 Å². The molecule has 1 amide bonds. The van der Waals surface area contributed by atoms with Crippen molar-refractivity contribution in [3.05, 3.63) is 83.7 Å². The summed E-state index contributed by atoms with van der Waals surface area (Å²) in [7, 11) is 0. The Hall–Kier alpha value is -3.02. The molecule has 1 N–H and O–H groups in total. The van der Waals surface area contributed by atoms with Crippen molar-refractivity contribution < 1.29 is 13.6 Å². The summed E-state index contributed by atoms with van der Waals surface area (Å²) in [6.45, 7) is 0.326. The molecule has 0 aliphatic heterocycles. The Labute approximate surface area is 144 Å². The van der Waals surface area contributed by atoms with Crippen molar-refractivity contribution in [1.29, 1.82) is 0 Å². The van der Waals surface area contributed by atoms with E-state index in [-0.39, 0.29) is 12.3 Å². The molecule has 0 atom stereocenters. The lowest BCUT2D eigenvalue weighted by Gasteiger charge is -2.07. The zero-order chi connectivity index (χ0) is 17.6. The molecule has 0 bridgehead atoms. The number of nitrogens with zero attached hydrogens (tertiary/aromatic N) is 2. The molecule has 0 radical (unpaired) electrons. The predicted octanol–water partition coefficient (Wildman–Crippen LogP) is 3.05. The van der Waals surface area contributed by atoms with Gasteiger partial charge in [-0.2, -0.15) is 5.10 Å². The lowest BCUT2D eigenvalue weighted by atomic mass is 10.1. The molecule has 3 rings (SSSR count). The van der Waals surface area contributed by atoms with Gasteiger partial charge in [0.2, 0.25) is 5.91 Å². The first-order chi connectivity index (χ1) is 12.1. The first kappa shape index (κ1) is 16.8. The Balaban J connectivity index is 1.49. The third-order valence-corrected chi connectivity index (χ3v) is 3.73. The zero-order valence-electron chi connectivity index (χ0n) is 13.5. The highest BCUT2D eigenvalue weighted by Gasteiger charge is 2.05. The van der Waals surface area contributed by atoms with E-state index in [9.17, 15) is 13.6 Å². The first-order valence-electron chi connectivity index (χ1n) is 7.91. The normalized spacial score (nSPS) is 10.6. The van der Waals surface area contributed by atoms with E-state index in [0.29, 0.717) is 18.5 Å². The van der Waals surface area contributed by atoms with Gasteiger partial charge in [0.15, 0.2) is 0 Å². The fraction of sp³-hybridized carbons (Fsp3) is 0.158. The van der Waals surface area contributed by atoms with Gasteiger partial charge in [0.1, 0.15) is 11.6 Å². The summed E-state index contributed by atoms with van der Waals surface area (Å²) < 4.78 is 27.9. The van der Waals surface area contributed by atoms with E-state index in [1.165, 1.54) is 12.1 Å². The van der Waals surface area contributed by atoms with Gasteiger partial charge in [0, 0.05) is 25.0 Å². The summed E-state index contributed by atoms with van der Waals surface area (Å²) >= 11 is 0. The van der Waals surface area contributed by atoms with E-state index < -0.39 is 11.6 Å². The third kappa shape index (κ3) is 4.73. The molecule has 2 aromatic carbocycles. The molecule has 0 saturated carbocycles. The summed E-state index contributed by atoms with van der Waals surface area (Å²) in [5.74, 6) is -1.36. The Morgan fingerprint density at radius 3 is 2.40 bits per heavy atom. The number of hydrogen-bond donors (Lipinski definition) is 1. The molecule has 6 heteroatoms. The average Bonchev–Trinajstić information content (AvgIpc) is 3.09. The van der Waals surface area contributed by atoms with Crippen molar-refractivity contribution >= 4 is 5.91 Å². The minimum Gasteiger partial charge on any atom is -0.355 e. The molecule has 0 aliphatic carbocycles. The van der Waals surface area contributed by atoms with Crippen LogP contribution < -0.4 is 5.32 Å². The summed E-state index contributed by atoms with van der Waals surface area (Å²) in [5, 5.41) is 6.90. The van der Waals surface area contributed by atoms with E-state index in [0.717, 1.165) is 17.3 Å². The Morgan fingerprint density at radius 2 is 1.76 bits per heavy atom. The minimum absolute atomic E-state index is 0.135. The number of benzene rings is 2. The van der Waals surface area contributed by atoms with Crippen LogP contribution in [-0.2, 0) is 17.6 Å². The number of hydrogen-bond acceptors (Lipinski definition) is 2. The van der Waals surface area contributed by atoms with Crippen LogP contribution in [0.5, 0.6) is 0 Å². The maximum absolute atomic E-state index is 13.1. The zero-order valence-corrected chi connectivity index (χ0v) is 13.5. The molecule has 1 heterocycles. The first-order valence-corrected chi connectivity index (χ1v) is 7.91. The van der Waals surface area contributed by atoms with Crippen LogP contribution in [0, 0.1) is 11.6 Å². The number of nitrogens with one attached hydrogen (secondary N) is 1. The van der Waals surface area contributed by atoms with Crippen molar-refractivity contribution in [1.82, 2.24) is 15.1 Å². The monoisotopic (exact) mass is 341 g/mol. The highest BCUT2D eigenvalue weighted by atomic mass is 19.1. The second kappa shape index (κ2) is 7.70. The second-order valence-electron chi connectivity index (χ2n) is 5.67. The molecule has 3 aromatic rings. The molecule has 0 unspecified atom stereocenters. The maximum Gasteiger partial charge on any atom is 0.224 e. The molecule has 25 heavy (non-hydrogen) atoms. The predicted molar refractivity (Wildman–Crippen MR) is 90.3 cm³/mol. The van der Waals surface area contributed by atoms with Gasteiger partial charge < -0.3 is 5.32 Å². The van der Waals surface area contributed by atoms with Crippen LogP contribution in [0.3, 0.4) is 0 Å². The summed E-state index contributed by atoms with van der Waals surface area (Å²) in [5.41, 5.74) is 2.31. The van der Waals surface area contributed by atoms with Gasteiger partial charge in [-0.25, -0.2) is 13.5 Å². The number of rotatable bonds is 6. The molecule has 0 spiro atoms. The molecule has 4 nitrogen and oxygen atoms in total. The number of amides is 1. The molecule has 0 aliphatic rings. The molecule has 128 valence electrons. The molecule has 1 aromatic heterocycles. The largest absolute Gasteiger partial charge is 0.355 e. The van der Waals surface area contributed by atoms with Crippen molar-refractivity contribution in [3.63, 3.8) is 0 Å². The fourth-order valence-corrected chi connectivity index (χ4v) is 2.54. The fourth-order valence-electron chi connectivity index (χ4n) is 2.54. The summed E-state index contributed by atoms with van der Waals surface area (Å²) in [4.78, 5) is 12.0. The van der Waals surface area contributed by atoms with Crippen LogP contribution in [0.4, 0.5) is 8.78 Å². The van der Waals surface area contributed by atoms with Crippen molar-refractivity contribution in [3.8, 4) is 5.69 Å². The lowest BCUT2D eigenvalue weighted by Crippen LogP contribution is -2.27. The smallest absolute Gasteiger partial charge is 0.224 e. The molecule has 0 fully saturated rings. The van der Waals surface area contributed by atoms with Crippen LogP contribution in [0.15, 0.2) is 60.9 Å². The van der Waals surface area contributed by atoms with Gasteiger partial charge >= 0.3 is 0 Å².